The lowest BCUT2D eigenvalue weighted by molar-refractivity contribution is 0.188. The monoisotopic (exact) mass is 310 g/mol. The van der Waals surface area contributed by atoms with Crippen molar-refractivity contribution in [2.75, 3.05) is 12.0 Å². The predicted molar refractivity (Wildman–Crippen MR) is 64.9 cm³/mol. The maximum atomic E-state index is 11.1. The first-order valence-corrected chi connectivity index (χ1v) is 7.77. The molecule has 0 bridgehead atoms. The van der Waals surface area contributed by atoms with Gasteiger partial charge in [-0.1, -0.05) is 6.92 Å². The van der Waals surface area contributed by atoms with Gasteiger partial charge in [0.1, 0.15) is 15.9 Å². The highest BCUT2D eigenvalue weighted by molar-refractivity contribution is 9.10. The van der Waals surface area contributed by atoms with Crippen LogP contribution in [0.25, 0.3) is 0 Å². The largest absolute Gasteiger partial charge is 0.386 e. The molecule has 0 saturated carbocycles. The molecule has 1 N–H and O–H groups in total. The molecule has 1 aromatic heterocycles. The zero-order chi connectivity index (χ0) is 12.3. The minimum atomic E-state index is -3.21. The maximum Gasteiger partial charge on any atom is 0.150 e. The third-order valence-corrected chi connectivity index (χ3v) is 3.58. The lowest BCUT2D eigenvalue weighted by Crippen LogP contribution is -2.17. The third kappa shape index (κ3) is 3.57. The summed E-state index contributed by atoms with van der Waals surface area (Å²) in [6.07, 6.45) is 2.49. The first-order chi connectivity index (χ1) is 7.35. The topological polar surface area (TPSA) is 72.2 Å². The van der Waals surface area contributed by atoms with E-state index in [9.17, 15) is 13.5 Å². The molecule has 7 heteroatoms. The summed E-state index contributed by atoms with van der Waals surface area (Å²) in [5, 5.41) is 13.9. The molecule has 0 radical (unpaired) electrons. The Labute approximate surface area is 104 Å². The van der Waals surface area contributed by atoms with Crippen molar-refractivity contribution in [3.63, 3.8) is 0 Å². The molecule has 5 nitrogen and oxygen atoms in total. The van der Waals surface area contributed by atoms with Gasteiger partial charge in [0.15, 0.2) is 0 Å². The quantitative estimate of drug-likeness (QED) is 0.885. The van der Waals surface area contributed by atoms with Gasteiger partial charge in [0, 0.05) is 12.8 Å². The number of rotatable bonds is 5. The van der Waals surface area contributed by atoms with Crippen molar-refractivity contribution in [3.8, 4) is 0 Å². The molecule has 1 aromatic rings. The SMILES string of the molecule is CCCn1ncc(Br)c1C(O)CS(C)(=O)=O. The predicted octanol–water partition coefficient (Wildman–Crippen LogP) is 1.13. The van der Waals surface area contributed by atoms with E-state index in [-0.39, 0.29) is 5.75 Å². The van der Waals surface area contributed by atoms with Crippen molar-refractivity contribution in [2.24, 2.45) is 0 Å². The Bertz CT molecular complexity index is 455. The van der Waals surface area contributed by atoms with Gasteiger partial charge >= 0.3 is 0 Å². The van der Waals surface area contributed by atoms with Crippen LogP contribution in [-0.2, 0) is 16.4 Å². The molecule has 1 heterocycles. The zero-order valence-corrected chi connectivity index (χ0v) is 11.6. The summed E-state index contributed by atoms with van der Waals surface area (Å²) in [7, 11) is -3.21. The highest BCUT2D eigenvalue weighted by atomic mass is 79.9. The summed E-state index contributed by atoms with van der Waals surface area (Å²) in [5.41, 5.74) is 0.521. The Morgan fingerprint density at radius 1 is 1.62 bits per heavy atom. The number of aliphatic hydroxyl groups is 1. The van der Waals surface area contributed by atoms with Crippen molar-refractivity contribution < 1.29 is 13.5 Å². The van der Waals surface area contributed by atoms with Gasteiger partial charge in [0.25, 0.3) is 0 Å². The molecule has 0 spiro atoms. The van der Waals surface area contributed by atoms with E-state index in [1.54, 1.807) is 10.9 Å². The van der Waals surface area contributed by atoms with Crippen LogP contribution in [0.2, 0.25) is 0 Å². The van der Waals surface area contributed by atoms with Gasteiger partial charge in [-0.2, -0.15) is 5.10 Å². The molecular weight excluding hydrogens is 296 g/mol. The van der Waals surface area contributed by atoms with Gasteiger partial charge in [-0.05, 0) is 22.4 Å². The Kier molecular flexibility index (Phi) is 4.52. The van der Waals surface area contributed by atoms with E-state index in [0.717, 1.165) is 12.7 Å². The fraction of sp³-hybridized carbons (Fsp3) is 0.667. The summed E-state index contributed by atoms with van der Waals surface area (Å²) < 4.78 is 24.5. The van der Waals surface area contributed by atoms with E-state index in [4.69, 9.17) is 0 Å². The van der Waals surface area contributed by atoms with E-state index in [2.05, 4.69) is 21.0 Å². The smallest absolute Gasteiger partial charge is 0.150 e. The van der Waals surface area contributed by atoms with Gasteiger partial charge in [-0.25, -0.2) is 8.42 Å². The lowest BCUT2D eigenvalue weighted by Gasteiger charge is -2.12. The minimum absolute atomic E-state index is 0.291. The Hall–Kier alpha value is -0.400. The fourth-order valence-corrected chi connectivity index (χ4v) is 2.75. The highest BCUT2D eigenvalue weighted by Crippen LogP contribution is 2.24. The van der Waals surface area contributed by atoms with Gasteiger partial charge < -0.3 is 5.11 Å². The van der Waals surface area contributed by atoms with Gasteiger partial charge in [-0.15, -0.1) is 0 Å². The molecule has 0 aliphatic carbocycles. The van der Waals surface area contributed by atoms with Crippen LogP contribution < -0.4 is 0 Å². The number of aromatic nitrogens is 2. The molecular formula is C9H15BrN2O3S. The second kappa shape index (κ2) is 5.29. The van der Waals surface area contributed by atoms with Crippen LogP contribution in [0, 0.1) is 0 Å². The number of sulfone groups is 1. The summed E-state index contributed by atoms with van der Waals surface area (Å²) in [5.74, 6) is -0.291. The van der Waals surface area contributed by atoms with Crippen LogP contribution in [-0.4, -0.2) is 35.3 Å². The van der Waals surface area contributed by atoms with E-state index in [1.165, 1.54) is 0 Å². The van der Waals surface area contributed by atoms with Crippen LogP contribution in [0.1, 0.15) is 25.1 Å². The van der Waals surface area contributed by atoms with Crippen LogP contribution in [0.3, 0.4) is 0 Å². The molecule has 0 amide bonds. The molecule has 1 rings (SSSR count). The zero-order valence-electron chi connectivity index (χ0n) is 9.22. The van der Waals surface area contributed by atoms with Crippen molar-refractivity contribution in [1.29, 1.82) is 0 Å². The summed E-state index contributed by atoms with van der Waals surface area (Å²) in [6.45, 7) is 2.64. The van der Waals surface area contributed by atoms with Gasteiger partial charge in [0.2, 0.25) is 0 Å². The summed E-state index contributed by atoms with van der Waals surface area (Å²) in [6, 6.07) is 0. The highest BCUT2D eigenvalue weighted by Gasteiger charge is 2.21. The normalized spacial score (nSPS) is 14.0. The van der Waals surface area contributed by atoms with Gasteiger partial charge in [0.05, 0.1) is 22.1 Å². The first kappa shape index (κ1) is 13.7. The molecule has 0 aliphatic heterocycles. The molecule has 92 valence electrons. The van der Waals surface area contributed by atoms with Crippen molar-refractivity contribution >= 4 is 25.8 Å². The van der Waals surface area contributed by atoms with Gasteiger partial charge in [-0.3, -0.25) is 4.68 Å². The lowest BCUT2D eigenvalue weighted by atomic mass is 10.3. The molecule has 0 aliphatic rings. The Balaban J connectivity index is 2.97. The number of hydrogen-bond acceptors (Lipinski definition) is 4. The fourth-order valence-electron chi connectivity index (χ4n) is 1.46. The maximum absolute atomic E-state index is 11.1. The molecule has 16 heavy (non-hydrogen) atoms. The number of aryl methyl sites for hydroxylation is 1. The minimum Gasteiger partial charge on any atom is -0.386 e. The van der Waals surface area contributed by atoms with Crippen molar-refractivity contribution in [3.05, 3.63) is 16.4 Å². The van der Waals surface area contributed by atoms with E-state index < -0.39 is 15.9 Å². The van der Waals surface area contributed by atoms with Crippen LogP contribution in [0.15, 0.2) is 10.7 Å². The Morgan fingerprint density at radius 2 is 2.25 bits per heavy atom. The van der Waals surface area contributed by atoms with Crippen molar-refractivity contribution in [2.45, 2.75) is 26.0 Å². The molecule has 0 fully saturated rings. The van der Waals surface area contributed by atoms with Crippen molar-refractivity contribution in [1.82, 2.24) is 9.78 Å². The average Bonchev–Trinajstić information content (AvgIpc) is 2.44. The molecule has 1 unspecified atom stereocenters. The molecule has 1 atom stereocenters. The van der Waals surface area contributed by atoms with E-state index >= 15 is 0 Å². The van der Waals surface area contributed by atoms with E-state index in [0.29, 0.717) is 16.7 Å². The first-order valence-electron chi connectivity index (χ1n) is 4.92. The summed E-state index contributed by atoms with van der Waals surface area (Å²) >= 11 is 3.26. The average molecular weight is 311 g/mol. The number of hydrogen-bond donors (Lipinski definition) is 1. The third-order valence-electron chi connectivity index (χ3n) is 2.04. The van der Waals surface area contributed by atoms with Crippen LogP contribution in [0.5, 0.6) is 0 Å². The second-order valence-electron chi connectivity index (χ2n) is 3.71. The van der Waals surface area contributed by atoms with E-state index in [1.807, 2.05) is 6.92 Å². The summed E-state index contributed by atoms with van der Waals surface area (Å²) in [4.78, 5) is 0. The Morgan fingerprint density at radius 3 is 2.75 bits per heavy atom. The molecule has 0 aromatic carbocycles. The molecule has 0 saturated heterocycles. The van der Waals surface area contributed by atoms with Crippen LogP contribution >= 0.6 is 15.9 Å². The second-order valence-corrected chi connectivity index (χ2v) is 6.75. The number of aliphatic hydroxyl groups excluding tert-OH is 1. The number of nitrogens with zero attached hydrogens (tertiary/aromatic N) is 2. The standard InChI is InChI=1S/C9H15BrN2O3S/c1-3-4-12-9(7(10)5-11-12)8(13)6-16(2,14)15/h5,8,13H,3-4,6H2,1-2H3. The number of halogens is 1. The van der Waals surface area contributed by atoms with Crippen LogP contribution in [0.4, 0.5) is 0 Å².